The second kappa shape index (κ2) is 5.86. The van der Waals surface area contributed by atoms with E-state index in [1.807, 2.05) is 0 Å². The molecule has 5 N–H and O–H groups in total. The number of carbonyl (C=O) groups excluding carboxylic acids is 2. The summed E-state index contributed by atoms with van der Waals surface area (Å²) in [5.41, 5.74) is 11.8. The number of amides is 2. The van der Waals surface area contributed by atoms with Crippen molar-refractivity contribution in [2.45, 2.75) is 0 Å². The Bertz CT molecular complexity index is 402. The summed E-state index contributed by atoms with van der Waals surface area (Å²) in [6.45, 7) is 0.155. The Morgan fingerprint density at radius 2 is 1.82 bits per heavy atom. The summed E-state index contributed by atoms with van der Waals surface area (Å²) in [4.78, 5) is 23.7. The van der Waals surface area contributed by atoms with Crippen molar-refractivity contribution in [2.24, 2.45) is 5.73 Å². The highest BCUT2D eigenvalue weighted by Crippen LogP contribution is 2.10. The number of primary amides is 1. The summed E-state index contributed by atoms with van der Waals surface area (Å²) in [5.74, 6) is -0.675. The zero-order valence-electron chi connectivity index (χ0n) is 9.64. The van der Waals surface area contributed by atoms with E-state index in [9.17, 15) is 9.59 Å². The van der Waals surface area contributed by atoms with Crippen LogP contribution in [0.1, 0.15) is 0 Å². The van der Waals surface area contributed by atoms with Gasteiger partial charge in [-0.05, 0) is 31.3 Å². The van der Waals surface area contributed by atoms with Crippen LogP contribution in [-0.4, -0.2) is 36.9 Å². The second-order valence-corrected chi connectivity index (χ2v) is 3.81. The van der Waals surface area contributed by atoms with Gasteiger partial charge in [-0.15, -0.1) is 0 Å². The van der Waals surface area contributed by atoms with Crippen LogP contribution in [0.5, 0.6) is 0 Å². The van der Waals surface area contributed by atoms with Gasteiger partial charge in [0.25, 0.3) is 0 Å². The lowest BCUT2D eigenvalue weighted by Crippen LogP contribution is -2.36. The first kappa shape index (κ1) is 13.0. The van der Waals surface area contributed by atoms with Gasteiger partial charge < -0.3 is 16.8 Å². The molecule has 0 aromatic heterocycles. The standard InChI is InChI=1S/C11H16N4O2/c1-15(6-10(13)16)7-11(17)14-9-4-2-8(12)3-5-9/h2-5H,6-7,12H2,1H3,(H2,13,16)(H,14,17). The number of hydrogen-bond acceptors (Lipinski definition) is 4. The molecule has 0 spiro atoms. The highest BCUT2D eigenvalue weighted by molar-refractivity contribution is 5.92. The van der Waals surface area contributed by atoms with E-state index < -0.39 is 5.91 Å². The number of anilines is 2. The number of nitrogen functional groups attached to an aromatic ring is 1. The van der Waals surface area contributed by atoms with Gasteiger partial charge in [-0.2, -0.15) is 0 Å². The molecule has 6 heteroatoms. The Balaban J connectivity index is 2.44. The summed E-state index contributed by atoms with van der Waals surface area (Å²) >= 11 is 0. The molecular weight excluding hydrogens is 220 g/mol. The number of hydrogen-bond donors (Lipinski definition) is 3. The number of likely N-dealkylation sites (N-methyl/N-ethyl adjacent to an activating group) is 1. The Morgan fingerprint density at radius 3 is 2.35 bits per heavy atom. The molecule has 0 aliphatic rings. The van der Waals surface area contributed by atoms with E-state index in [0.717, 1.165) is 0 Å². The quantitative estimate of drug-likeness (QED) is 0.607. The van der Waals surface area contributed by atoms with Crippen molar-refractivity contribution in [1.29, 1.82) is 0 Å². The van der Waals surface area contributed by atoms with Crippen molar-refractivity contribution in [3.05, 3.63) is 24.3 Å². The fourth-order valence-corrected chi connectivity index (χ4v) is 1.33. The molecule has 0 bridgehead atoms. The van der Waals surface area contributed by atoms with Crippen molar-refractivity contribution in [1.82, 2.24) is 4.90 Å². The fraction of sp³-hybridized carbons (Fsp3) is 0.273. The fourth-order valence-electron chi connectivity index (χ4n) is 1.33. The molecule has 1 rings (SSSR count). The van der Waals surface area contributed by atoms with Gasteiger partial charge in [-0.3, -0.25) is 14.5 Å². The Labute approximate surface area is 99.6 Å². The molecule has 92 valence electrons. The smallest absolute Gasteiger partial charge is 0.238 e. The van der Waals surface area contributed by atoms with Crippen LogP contribution in [-0.2, 0) is 9.59 Å². The van der Waals surface area contributed by atoms with E-state index in [-0.39, 0.29) is 19.0 Å². The molecule has 0 heterocycles. The van der Waals surface area contributed by atoms with Crippen molar-refractivity contribution < 1.29 is 9.59 Å². The molecule has 6 nitrogen and oxygen atoms in total. The number of nitrogens with two attached hydrogens (primary N) is 2. The lowest BCUT2D eigenvalue weighted by molar-refractivity contribution is -0.120. The first-order valence-electron chi connectivity index (χ1n) is 5.09. The average Bonchev–Trinajstić information content (AvgIpc) is 2.19. The minimum atomic E-state index is -0.465. The van der Waals surface area contributed by atoms with Crippen LogP contribution in [0.3, 0.4) is 0 Å². The van der Waals surface area contributed by atoms with Crippen LogP contribution >= 0.6 is 0 Å². The zero-order valence-corrected chi connectivity index (χ0v) is 9.64. The summed E-state index contributed by atoms with van der Waals surface area (Å²) in [6, 6.07) is 6.81. The number of benzene rings is 1. The lowest BCUT2D eigenvalue weighted by Gasteiger charge is -2.14. The van der Waals surface area contributed by atoms with Gasteiger partial charge in [0.2, 0.25) is 11.8 Å². The molecule has 17 heavy (non-hydrogen) atoms. The summed E-state index contributed by atoms with van der Waals surface area (Å²) in [6.07, 6.45) is 0. The minimum Gasteiger partial charge on any atom is -0.399 e. The maximum absolute atomic E-state index is 11.6. The van der Waals surface area contributed by atoms with Crippen molar-refractivity contribution >= 4 is 23.2 Å². The number of nitrogens with one attached hydrogen (secondary N) is 1. The molecule has 0 unspecified atom stereocenters. The predicted octanol–water partition coefficient (Wildman–Crippen LogP) is -0.376. The first-order valence-corrected chi connectivity index (χ1v) is 5.09. The van der Waals surface area contributed by atoms with Crippen LogP contribution in [0.2, 0.25) is 0 Å². The van der Waals surface area contributed by atoms with Gasteiger partial charge in [0, 0.05) is 11.4 Å². The van der Waals surface area contributed by atoms with Crippen LogP contribution < -0.4 is 16.8 Å². The van der Waals surface area contributed by atoms with E-state index in [4.69, 9.17) is 11.5 Å². The van der Waals surface area contributed by atoms with Crippen molar-refractivity contribution in [3.8, 4) is 0 Å². The number of nitrogens with zero attached hydrogens (tertiary/aromatic N) is 1. The summed E-state index contributed by atoms with van der Waals surface area (Å²) in [7, 11) is 1.65. The molecule has 0 radical (unpaired) electrons. The van der Waals surface area contributed by atoms with E-state index in [2.05, 4.69) is 5.32 Å². The molecule has 0 fully saturated rings. The van der Waals surface area contributed by atoms with Gasteiger partial charge in [-0.1, -0.05) is 0 Å². The topological polar surface area (TPSA) is 101 Å². The summed E-state index contributed by atoms with van der Waals surface area (Å²) < 4.78 is 0. The Kier molecular flexibility index (Phi) is 4.47. The third-order valence-corrected chi connectivity index (χ3v) is 2.03. The second-order valence-electron chi connectivity index (χ2n) is 3.81. The van der Waals surface area contributed by atoms with Gasteiger partial charge in [-0.25, -0.2) is 0 Å². The van der Waals surface area contributed by atoms with Gasteiger partial charge >= 0.3 is 0 Å². The number of carbonyl (C=O) groups is 2. The Hall–Kier alpha value is -2.08. The molecule has 0 saturated heterocycles. The van der Waals surface area contributed by atoms with E-state index >= 15 is 0 Å². The van der Waals surface area contributed by atoms with Crippen molar-refractivity contribution in [3.63, 3.8) is 0 Å². The van der Waals surface area contributed by atoms with Crippen LogP contribution in [0, 0.1) is 0 Å². The summed E-state index contributed by atoms with van der Waals surface area (Å²) in [5, 5.41) is 2.69. The minimum absolute atomic E-state index is 0.0508. The molecule has 0 aliphatic heterocycles. The monoisotopic (exact) mass is 236 g/mol. The van der Waals surface area contributed by atoms with Crippen LogP contribution in [0.15, 0.2) is 24.3 Å². The third-order valence-electron chi connectivity index (χ3n) is 2.03. The molecule has 0 atom stereocenters. The third kappa shape index (κ3) is 4.98. The molecular formula is C11H16N4O2. The maximum atomic E-state index is 11.6. The van der Waals surface area contributed by atoms with Crippen LogP contribution in [0.25, 0.3) is 0 Å². The van der Waals surface area contributed by atoms with E-state index in [1.54, 1.807) is 31.3 Å². The van der Waals surface area contributed by atoms with Crippen molar-refractivity contribution in [2.75, 3.05) is 31.2 Å². The predicted molar refractivity (Wildman–Crippen MR) is 66.2 cm³/mol. The normalized spacial score (nSPS) is 10.2. The van der Waals surface area contributed by atoms with Gasteiger partial charge in [0.15, 0.2) is 0 Å². The maximum Gasteiger partial charge on any atom is 0.238 e. The molecule has 0 aliphatic carbocycles. The molecule has 2 amide bonds. The van der Waals surface area contributed by atoms with E-state index in [1.165, 1.54) is 4.90 Å². The first-order chi connectivity index (χ1) is 7.97. The van der Waals surface area contributed by atoms with Crippen LogP contribution in [0.4, 0.5) is 11.4 Å². The zero-order chi connectivity index (χ0) is 12.8. The van der Waals surface area contributed by atoms with Gasteiger partial charge in [0.1, 0.15) is 0 Å². The SMILES string of the molecule is CN(CC(N)=O)CC(=O)Nc1ccc(N)cc1. The lowest BCUT2D eigenvalue weighted by atomic mass is 10.3. The molecule has 1 aromatic carbocycles. The highest BCUT2D eigenvalue weighted by Gasteiger charge is 2.08. The largest absolute Gasteiger partial charge is 0.399 e. The Morgan fingerprint density at radius 1 is 1.24 bits per heavy atom. The number of rotatable bonds is 5. The van der Waals surface area contributed by atoms with Gasteiger partial charge in [0.05, 0.1) is 13.1 Å². The average molecular weight is 236 g/mol. The highest BCUT2D eigenvalue weighted by atomic mass is 16.2. The van der Waals surface area contributed by atoms with E-state index in [0.29, 0.717) is 11.4 Å². The molecule has 1 aromatic rings. The molecule has 0 saturated carbocycles.